The quantitative estimate of drug-likeness (QED) is 0.775. The molecule has 1 aliphatic carbocycles. The maximum atomic E-state index is 5.83. The highest BCUT2D eigenvalue weighted by Crippen LogP contribution is 2.31. The van der Waals surface area contributed by atoms with E-state index in [0.717, 1.165) is 36.3 Å². The van der Waals surface area contributed by atoms with Crippen LogP contribution in [0.2, 0.25) is 0 Å². The van der Waals surface area contributed by atoms with E-state index in [1.807, 2.05) is 30.2 Å². The van der Waals surface area contributed by atoms with Gasteiger partial charge in [0.25, 0.3) is 0 Å². The Labute approximate surface area is 127 Å². The lowest BCUT2D eigenvalue weighted by Crippen LogP contribution is -2.19. The number of nitrogens with zero attached hydrogens (tertiary/aromatic N) is 6. The van der Waals surface area contributed by atoms with Crippen LogP contribution in [0.5, 0.6) is 0 Å². The van der Waals surface area contributed by atoms with E-state index in [1.165, 1.54) is 5.56 Å². The molecule has 3 heterocycles. The van der Waals surface area contributed by atoms with E-state index >= 15 is 0 Å². The molecule has 22 heavy (non-hydrogen) atoms. The number of fused-ring (bicyclic) bond motifs is 1. The first kappa shape index (κ1) is 13.0. The second-order valence-electron chi connectivity index (χ2n) is 5.62. The fourth-order valence-electron chi connectivity index (χ4n) is 3.00. The first-order valence-corrected chi connectivity index (χ1v) is 7.38. The zero-order valence-corrected chi connectivity index (χ0v) is 12.3. The second kappa shape index (κ2) is 4.94. The number of anilines is 1. The third-order valence-electron chi connectivity index (χ3n) is 4.17. The van der Waals surface area contributed by atoms with Gasteiger partial charge < -0.3 is 5.73 Å². The minimum atomic E-state index is 0.146. The second-order valence-corrected chi connectivity index (χ2v) is 5.62. The Morgan fingerprint density at radius 3 is 3.05 bits per heavy atom. The molecule has 1 atom stereocenters. The van der Waals surface area contributed by atoms with E-state index in [4.69, 9.17) is 5.73 Å². The predicted octanol–water partition coefficient (Wildman–Crippen LogP) is 1.58. The number of aryl methyl sites for hydroxylation is 2. The van der Waals surface area contributed by atoms with Gasteiger partial charge in [0.2, 0.25) is 0 Å². The van der Waals surface area contributed by atoms with Crippen LogP contribution in [-0.2, 0) is 13.5 Å². The fraction of sp³-hybridized carbons (Fsp3) is 0.333. The summed E-state index contributed by atoms with van der Waals surface area (Å²) in [6.07, 6.45) is 7.01. The smallest absolute Gasteiger partial charge is 0.133 e. The predicted molar refractivity (Wildman–Crippen MR) is 82.0 cm³/mol. The summed E-state index contributed by atoms with van der Waals surface area (Å²) in [6, 6.07) is 6.09. The van der Waals surface area contributed by atoms with Gasteiger partial charge in [0.05, 0.1) is 17.9 Å². The lowest BCUT2D eigenvalue weighted by molar-refractivity contribution is 0.430. The van der Waals surface area contributed by atoms with Gasteiger partial charge in [-0.25, -0.2) is 4.68 Å². The molecular formula is C15H17N7. The van der Waals surface area contributed by atoms with E-state index in [9.17, 15) is 0 Å². The number of hydrogen-bond acceptors (Lipinski definition) is 5. The first-order chi connectivity index (χ1) is 10.7. The minimum absolute atomic E-state index is 0.146. The number of aromatic nitrogens is 6. The summed E-state index contributed by atoms with van der Waals surface area (Å²) in [6.45, 7) is 0. The molecule has 0 saturated carbocycles. The molecule has 1 aliphatic rings. The summed E-state index contributed by atoms with van der Waals surface area (Å²) in [5.74, 6) is 0.606. The summed E-state index contributed by atoms with van der Waals surface area (Å²) in [5.41, 5.74) is 9.70. The van der Waals surface area contributed by atoms with E-state index in [-0.39, 0.29) is 6.04 Å². The van der Waals surface area contributed by atoms with Crippen LogP contribution < -0.4 is 5.73 Å². The average molecular weight is 295 g/mol. The summed E-state index contributed by atoms with van der Waals surface area (Å²) in [5, 5.41) is 12.9. The fourth-order valence-corrected chi connectivity index (χ4v) is 3.00. The first-order valence-electron chi connectivity index (χ1n) is 7.38. The third-order valence-corrected chi connectivity index (χ3v) is 4.17. The van der Waals surface area contributed by atoms with Crippen LogP contribution in [0.4, 0.5) is 5.82 Å². The third kappa shape index (κ3) is 2.05. The molecule has 3 aromatic rings. The molecule has 0 aliphatic heterocycles. The highest BCUT2D eigenvalue weighted by Gasteiger charge is 2.24. The lowest BCUT2D eigenvalue weighted by atomic mass is 9.92. The van der Waals surface area contributed by atoms with Crippen LogP contribution in [0.1, 0.15) is 30.1 Å². The summed E-state index contributed by atoms with van der Waals surface area (Å²) in [4.78, 5) is 4.55. The molecule has 7 heteroatoms. The van der Waals surface area contributed by atoms with Crippen LogP contribution in [0.15, 0.2) is 30.6 Å². The number of rotatable bonds is 2. The molecule has 3 aromatic heterocycles. The number of pyridine rings is 1. The zero-order chi connectivity index (χ0) is 15.1. The molecular weight excluding hydrogens is 278 g/mol. The molecule has 0 unspecified atom stereocenters. The van der Waals surface area contributed by atoms with Crippen LogP contribution in [0, 0.1) is 0 Å². The average Bonchev–Trinajstić information content (AvgIpc) is 3.14. The van der Waals surface area contributed by atoms with Crippen LogP contribution >= 0.6 is 0 Å². The largest absolute Gasteiger partial charge is 0.384 e. The highest BCUT2D eigenvalue weighted by atomic mass is 15.4. The topological polar surface area (TPSA) is 87.4 Å². The van der Waals surface area contributed by atoms with E-state index < -0.39 is 0 Å². The van der Waals surface area contributed by atoms with Crippen molar-refractivity contribution in [2.75, 3.05) is 5.73 Å². The highest BCUT2D eigenvalue weighted by molar-refractivity contribution is 5.56. The molecule has 0 fully saturated rings. The SMILES string of the molecule is Cn1nc(-c2cn([C@H]3CCCc4cccnc43)nn2)cc1N. The minimum Gasteiger partial charge on any atom is -0.384 e. The van der Waals surface area contributed by atoms with Gasteiger partial charge in [0, 0.05) is 19.3 Å². The number of nitrogen functional groups attached to an aromatic ring is 1. The Morgan fingerprint density at radius 2 is 2.23 bits per heavy atom. The summed E-state index contributed by atoms with van der Waals surface area (Å²) in [7, 11) is 1.81. The molecule has 0 spiro atoms. The van der Waals surface area contributed by atoms with Gasteiger partial charge in [-0.2, -0.15) is 5.10 Å². The maximum absolute atomic E-state index is 5.83. The Morgan fingerprint density at radius 1 is 1.32 bits per heavy atom. The van der Waals surface area contributed by atoms with Crippen molar-refractivity contribution in [1.29, 1.82) is 0 Å². The van der Waals surface area contributed by atoms with Gasteiger partial charge in [-0.05, 0) is 30.9 Å². The van der Waals surface area contributed by atoms with Crippen LogP contribution in [-0.4, -0.2) is 29.8 Å². The summed E-state index contributed by atoms with van der Waals surface area (Å²) < 4.78 is 3.52. The molecule has 2 N–H and O–H groups in total. The normalized spacial score (nSPS) is 17.4. The maximum Gasteiger partial charge on any atom is 0.133 e. The van der Waals surface area contributed by atoms with E-state index in [2.05, 4.69) is 26.5 Å². The molecule has 7 nitrogen and oxygen atoms in total. The molecule has 0 amide bonds. The summed E-state index contributed by atoms with van der Waals surface area (Å²) >= 11 is 0. The number of hydrogen-bond donors (Lipinski definition) is 1. The van der Waals surface area contributed by atoms with Gasteiger partial charge in [0.15, 0.2) is 0 Å². The van der Waals surface area contributed by atoms with Crippen molar-refractivity contribution >= 4 is 5.82 Å². The van der Waals surface area contributed by atoms with Gasteiger partial charge in [0.1, 0.15) is 17.2 Å². The van der Waals surface area contributed by atoms with Crippen LogP contribution in [0.25, 0.3) is 11.4 Å². The Kier molecular flexibility index (Phi) is 2.92. The Bertz CT molecular complexity index is 797. The van der Waals surface area contributed by atoms with Crippen molar-refractivity contribution in [3.63, 3.8) is 0 Å². The molecule has 0 aromatic carbocycles. The van der Waals surface area contributed by atoms with Crippen molar-refractivity contribution < 1.29 is 0 Å². The van der Waals surface area contributed by atoms with Crippen molar-refractivity contribution in [2.24, 2.45) is 7.05 Å². The van der Waals surface area contributed by atoms with Crippen molar-refractivity contribution in [2.45, 2.75) is 25.3 Å². The molecule has 0 saturated heterocycles. The van der Waals surface area contributed by atoms with E-state index in [0.29, 0.717) is 5.82 Å². The van der Waals surface area contributed by atoms with E-state index in [1.54, 1.807) is 10.7 Å². The van der Waals surface area contributed by atoms with Gasteiger partial charge >= 0.3 is 0 Å². The molecule has 0 bridgehead atoms. The molecule has 4 rings (SSSR count). The van der Waals surface area contributed by atoms with Crippen molar-refractivity contribution in [1.82, 2.24) is 29.8 Å². The Hall–Kier alpha value is -2.70. The molecule has 0 radical (unpaired) electrons. The number of nitrogens with two attached hydrogens (primary N) is 1. The zero-order valence-electron chi connectivity index (χ0n) is 12.3. The van der Waals surface area contributed by atoms with Gasteiger partial charge in [-0.15, -0.1) is 5.10 Å². The monoisotopic (exact) mass is 295 g/mol. The molecule has 112 valence electrons. The standard InChI is InChI=1S/C15H17N7/c1-21-14(16)8-11(19-21)12-9-22(20-18-12)13-6-2-4-10-5-3-7-17-15(10)13/h3,5,7-9,13H,2,4,6,16H2,1H3/t13-/m0/s1. The lowest BCUT2D eigenvalue weighted by Gasteiger charge is -2.23. The Balaban J connectivity index is 1.70. The van der Waals surface area contributed by atoms with Gasteiger partial charge in [-0.3, -0.25) is 9.67 Å². The van der Waals surface area contributed by atoms with Crippen LogP contribution in [0.3, 0.4) is 0 Å². The van der Waals surface area contributed by atoms with Crippen molar-refractivity contribution in [3.8, 4) is 11.4 Å². The van der Waals surface area contributed by atoms with Crippen molar-refractivity contribution in [3.05, 3.63) is 41.9 Å². The van der Waals surface area contributed by atoms with Gasteiger partial charge in [-0.1, -0.05) is 11.3 Å².